The highest BCUT2D eigenvalue weighted by Gasteiger charge is 2.41. The fourth-order valence-electron chi connectivity index (χ4n) is 1.85. The smallest absolute Gasteiger partial charge is 0.0124 e. The quantitative estimate of drug-likeness (QED) is 0.499. The lowest BCUT2D eigenvalue weighted by Gasteiger charge is -2.20. The molecule has 1 saturated heterocycles. The zero-order valence-electron chi connectivity index (χ0n) is 7.43. The molecule has 60 valence electrons. The lowest BCUT2D eigenvalue weighted by Crippen LogP contribution is -2.26. The number of rotatable bonds is 0. The molecule has 0 amide bonds. The molecule has 0 aromatic heterocycles. The van der Waals surface area contributed by atoms with E-state index >= 15 is 0 Å². The predicted molar refractivity (Wildman–Crippen MR) is 45.1 cm³/mol. The van der Waals surface area contributed by atoms with Gasteiger partial charge in [-0.25, -0.2) is 0 Å². The normalized spacial score (nSPS) is 37.5. The maximum atomic E-state index is 2.51. The van der Waals surface area contributed by atoms with Crippen LogP contribution < -0.4 is 0 Å². The summed E-state index contributed by atoms with van der Waals surface area (Å²) in [6, 6.07) is 1.00. The van der Waals surface area contributed by atoms with Gasteiger partial charge in [0.1, 0.15) is 0 Å². The summed E-state index contributed by atoms with van der Waals surface area (Å²) < 4.78 is 0. The Morgan fingerprint density at radius 3 is 2.50 bits per heavy atom. The van der Waals surface area contributed by atoms with Crippen molar-refractivity contribution in [2.75, 3.05) is 13.6 Å². The molecule has 2 unspecified atom stereocenters. The second-order valence-corrected chi connectivity index (χ2v) is 3.19. The molecule has 2 rings (SSSR count). The van der Waals surface area contributed by atoms with Crippen LogP contribution in [0.5, 0.6) is 0 Å². The van der Waals surface area contributed by atoms with E-state index in [2.05, 4.69) is 11.9 Å². The lowest BCUT2D eigenvalue weighted by atomic mass is 10.1. The summed E-state index contributed by atoms with van der Waals surface area (Å²) in [5.41, 5.74) is 0. The largest absolute Gasteiger partial charge is 0.303 e. The van der Waals surface area contributed by atoms with Gasteiger partial charge in [-0.3, -0.25) is 0 Å². The first kappa shape index (κ1) is 8.06. The summed E-state index contributed by atoms with van der Waals surface area (Å²) in [5, 5.41) is 0. The number of piperidine rings is 1. The fourth-order valence-corrected chi connectivity index (χ4v) is 1.85. The third-order valence-electron chi connectivity index (χ3n) is 2.54. The first-order chi connectivity index (χ1) is 4.88. The van der Waals surface area contributed by atoms with Crippen molar-refractivity contribution in [1.82, 2.24) is 4.90 Å². The van der Waals surface area contributed by atoms with Crippen molar-refractivity contribution in [1.29, 1.82) is 0 Å². The van der Waals surface area contributed by atoms with Gasteiger partial charge in [-0.1, -0.05) is 13.8 Å². The predicted octanol–water partition coefficient (Wildman–Crippen LogP) is 2.13. The van der Waals surface area contributed by atoms with Crippen LogP contribution in [0.1, 0.15) is 33.1 Å². The summed E-state index contributed by atoms with van der Waals surface area (Å²) in [6.07, 6.45) is 4.45. The highest BCUT2D eigenvalue weighted by molar-refractivity contribution is 4.96. The number of hydrogen-bond acceptors (Lipinski definition) is 1. The molecule has 1 aliphatic heterocycles. The monoisotopic (exact) mass is 141 g/mol. The van der Waals surface area contributed by atoms with E-state index in [4.69, 9.17) is 0 Å². The maximum Gasteiger partial charge on any atom is 0.0124 e. The summed E-state index contributed by atoms with van der Waals surface area (Å²) in [7, 11) is 2.25. The number of likely N-dealkylation sites (tertiary alicyclic amines) is 1. The van der Waals surface area contributed by atoms with Crippen LogP contribution in [0.3, 0.4) is 0 Å². The maximum absolute atomic E-state index is 2.51. The van der Waals surface area contributed by atoms with Crippen LogP contribution >= 0.6 is 0 Å². The molecule has 0 aromatic rings. The average Bonchev–Trinajstić information content (AvgIpc) is 2.72. The van der Waals surface area contributed by atoms with Gasteiger partial charge in [0.2, 0.25) is 0 Å². The molecule has 0 N–H and O–H groups in total. The second kappa shape index (κ2) is 3.38. The van der Waals surface area contributed by atoms with Crippen LogP contribution in [0.4, 0.5) is 0 Å². The van der Waals surface area contributed by atoms with E-state index in [1.54, 1.807) is 0 Å². The topological polar surface area (TPSA) is 3.24 Å². The molecule has 0 aromatic carbocycles. The fraction of sp³-hybridized carbons (Fsp3) is 1.00. The molecule has 1 heteroatoms. The molecule has 1 aliphatic carbocycles. The molecular weight excluding hydrogens is 122 g/mol. The highest BCUT2D eigenvalue weighted by Crippen LogP contribution is 2.41. The Labute approximate surface area is 64.4 Å². The van der Waals surface area contributed by atoms with Gasteiger partial charge in [0.25, 0.3) is 0 Å². The van der Waals surface area contributed by atoms with Crippen molar-refractivity contribution in [2.24, 2.45) is 5.92 Å². The molecule has 1 saturated carbocycles. The highest BCUT2D eigenvalue weighted by atomic mass is 15.2. The van der Waals surface area contributed by atoms with Crippen LogP contribution in [0.25, 0.3) is 0 Å². The van der Waals surface area contributed by atoms with Gasteiger partial charge in [0, 0.05) is 6.04 Å². The minimum absolute atomic E-state index is 1.00. The van der Waals surface area contributed by atoms with Crippen LogP contribution in [0, 0.1) is 5.92 Å². The van der Waals surface area contributed by atoms with Crippen molar-refractivity contribution in [3.8, 4) is 0 Å². The van der Waals surface area contributed by atoms with Gasteiger partial charge in [-0.05, 0) is 38.8 Å². The Morgan fingerprint density at radius 2 is 2.00 bits per heavy atom. The third-order valence-corrected chi connectivity index (χ3v) is 2.54. The molecule has 1 heterocycles. The van der Waals surface area contributed by atoms with E-state index < -0.39 is 0 Å². The van der Waals surface area contributed by atoms with Gasteiger partial charge >= 0.3 is 0 Å². The van der Waals surface area contributed by atoms with Crippen molar-refractivity contribution >= 4 is 0 Å². The minimum Gasteiger partial charge on any atom is -0.303 e. The number of hydrogen-bond donors (Lipinski definition) is 0. The molecule has 2 fully saturated rings. The number of nitrogens with zero attached hydrogens (tertiary/aromatic N) is 1. The van der Waals surface area contributed by atoms with Crippen LogP contribution in [0.15, 0.2) is 0 Å². The number of fused-ring (bicyclic) bond motifs is 1. The summed E-state index contributed by atoms with van der Waals surface area (Å²) in [6.45, 7) is 5.35. The Balaban J connectivity index is 0.000000231. The van der Waals surface area contributed by atoms with Crippen molar-refractivity contribution < 1.29 is 0 Å². The summed E-state index contributed by atoms with van der Waals surface area (Å²) in [4.78, 5) is 2.51. The molecule has 1 nitrogen and oxygen atoms in total. The molecule has 2 atom stereocenters. The van der Waals surface area contributed by atoms with Gasteiger partial charge < -0.3 is 4.90 Å². The van der Waals surface area contributed by atoms with Crippen molar-refractivity contribution in [3.63, 3.8) is 0 Å². The van der Waals surface area contributed by atoms with E-state index in [1.165, 1.54) is 25.8 Å². The van der Waals surface area contributed by atoms with E-state index in [0.717, 1.165) is 12.0 Å². The molecule has 0 bridgehead atoms. The summed E-state index contributed by atoms with van der Waals surface area (Å²) >= 11 is 0. The third kappa shape index (κ3) is 1.51. The van der Waals surface area contributed by atoms with E-state index in [0.29, 0.717) is 0 Å². The van der Waals surface area contributed by atoms with Gasteiger partial charge in [0.15, 0.2) is 0 Å². The molecule has 0 spiro atoms. The standard InChI is InChI=1S/C7H13N.C2H6/c1-8-4-2-3-6-5-7(6)8;1-2/h6-7H,2-5H2,1H3;1-2H3. The van der Waals surface area contributed by atoms with Gasteiger partial charge in [-0.15, -0.1) is 0 Å². The van der Waals surface area contributed by atoms with Crippen molar-refractivity contribution in [3.05, 3.63) is 0 Å². The zero-order valence-corrected chi connectivity index (χ0v) is 7.43. The Kier molecular flexibility index (Phi) is 2.72. The molecular formula is C9H19N. The Hall–Kier alpha value is -0.0400. The van der Waals surface area contributed by atoms with E-state index in [1.807, 2.05) is 13.8 Å². The first-order valence-corrected chi connectivity index (χ1v) is 4.58. The minimum atomic E-state index is 1.00. The van der Waals surface area contributed by atoms with Crippen molar-refractivity contribution in [2.45, 2.75) is 39.2 Å². The van der Waals surface area contributed by atoms with E-state index in [9.17, 15) is 0 Å². The van der Waals surface area contributed by atoms with Gasteiger partial charge in [-0.2, -0.15) is 0 Å². The molecule has 10 heavy (non-hydrogen) atoms. The van der Waals surface area contributed by atoms with E-state index in [-0.39, 0.29) is 0 Å². The average molecular weight is 141 g/mol. The molecule has 0 radical (unpaired) electrons. The second-order valence-electron chi connectivity index (χ2n) is 3.19. The molecule has 2 aliphatic rings. The first-order valence-electron chi connectivity index (χ1n) is 4.58. The van der Waals surface area contributed by atoms with Crippen LogP contribution in [-0.2, 0) is 0 Å². The lowest BCUT2D eigenvalue weighted by molar-refractivity contribution is 0.263. The van der Waals surface area contributed by atoms with Crippen LogP contribution in [0.2, 0.25) is 0 Å². The van der Waals surface area contributed by atoms with Gasteiger partial charge in [0.05, 0.1) is 0 Å². The SMILES string of the molecule is CC.CN1CCCC2CC21. The zero-order chi connectivity index (χ0) is 7.56. The summed E-state index contributed by atoms with van der Waals surface area (Å²) in [5.74, 6) is 1.11. The van der Waals surface area contributed by atoms with Crippen LogP contribution in [-0.4, -0.2) is 24.5 Å². The Morgan fingerprint density at radius 1 is 1.30 bits per heavy atom. The Bertz CT molecular complexity index is 101.